The van der Waals surface area contributed by atoms with E-state index in [1.807, 2.05) is 6.07 Å². The van der Waals surface area contributed by atoms with Crippen LogP contribution in [0, 0.1) is 11.3 Å². The zero-order chi connectivity index (χ0) is 7.28. The van der Waals surface area contributed by atoms with Crippen LogP contribution in [0.1, 0.15) is 0 Å². The van der Waals surface area contributed by atoms with Gasteiger partial charge in [-0.05, 0) is 12.8 Å². The summed E-state index contributed by atoms with van der Waals surface area (Å²) in [6.07, 6.45) is 1.49. The minimum atomic E-state index is 0.261. The first-order chi connectivity index (χ1) is 4.20. The average Bonchev–Trinajstić information content (AvgIpc) is 1.82. The Morgan fingerprint density at radius 2 is 2.33 bits per heavy atom. The van der Waals surface area contributed by atoms with Gasteiger partial charge < -0.3 is 0 Å². The molecule has 0 saturated heterocycles. The lowest BCUT2D eigenvalue weighted by molar-refractivity contribution is 1.40. The van der Waals surface area contributed by atoms with Gasteiger partial charge in [-0.3, -0.25) is 4.99 Å². The lowest BCUT2D eigenvalue weighted by Crippen LogP contribution is -1.68. The van der Waals surface area contributed by atoms with Gasteiger partial charge in [0.25, 0.3) is 0 Å². The summed E-state index contributed by atoms with van der Waals surface area (Å²) in [6.45, 7) is 6.67. The minimum absolute atomic E-state index is 0.261. The van der Waals surface area contributed by atoms with Crippen LogP contribution < -0.4 is 0 Å². The molecular weight excluding hydrogens is 180 g/mol. The molecule has 0 radical (unpaired) electrons. The van der Waals surface area contributed by atoms with E-state index in [1.54, 1.807) is 0 Å². The van der Waals surface area contributed by atoms with E-state index in [-0.39, 0.29) is 5.70 Å². The van der Waals surface area contributed by atoms with E-state index in [0.717, 1.165) is 0 Å². The van der Waals surface area contributed by atoms with Crippen LogP contribution in [0.4, 0.5) is 0 Å². The Kier molecular flexibility index (Phi) is 3.65. The highest BCUT2D eigenvalue weighted by atomic mass is 79.9. The molecule has 0 aliphatic rings. The van der Waals surface area contributed by atoms with Crippen LogP contribution in [-0.4, -0.2) is 6.72 Å². The van der Waals surface area contributed by atoms with E-state index in [9.17, 15) is 0 Å². The molecule has 0 N–H and O–H groups in total. The summed E-state index contributed by atoms with van der Waals surface area (Å²) in [5.74, 6) is 0. The van der Waals surface area contributed by atoms with Crippen molar-refractivity contribution in [2.24, 2.45) is 4.99 Å². The third-order valence-corrected chi connectivity index (χ3v) is 0.807. The molecule has 0 fully saturated rings. The second kappa shape index (κ2) is 4.04. The topological polar surface area (TPSA) is 36.1 Å². The number of nitriles is 1. The van der Waals surface area contributed by atoms with Gasteiger partial charge in [0.1, 0.15) is 11.8 Å². The number of halogens is 1. The van der Waals surface area contributed by atoms with Gasteiger partial charge >= 0.3 is 0 Å². The normalized spacial score (nSPS) is 10.0. The summed E-state index contributed by atoms with van der Waals surface area (Å²) in [4.78, 5) is 3.41. The molecule has 0 bridgehead atoms. The number of hydrogen-bond acceptors (Lipinski definition) is 2. The van der Waals surface area contributed by atoms with Crippen LogP contribution in [0.5, 0.6) is 0 Å². The second-order valence-corrected chi connectivity index (χ2v) is 2.26. The number of aliphatic imine (C=N–C) groups is 1. The van der Waals surface area contributed by atoms with Crippen molar-refractivity contribution in [2.75, 3.05) is 0 Å². The molecule has 0 aliphatic heterocycles. The number of allylic oxidation sites excluding steroid dienone is 3. The molecule has 0 unspecified atom stereocenters. The van der Waals surface area contributed by atoms with Gasteiger partial charge in [0.2, 0.25) is 0 Å². The molecule has 0 rings (SSSR count). The summed E-state index contributed by atoms with van der Waals surface area (Å²) in [5, 5.41) is 8.26. The first kappa shape index (κ1) is 8.12. The minimum Gasteiger partial charge on any atom is -0.253 e. The molecule has 2 nitrogen and oxygen atoms in total. The smallest absolute Gasteiger partial charge is 0.140 e. The molecule has 0 atom stereocenters. The second-order valence-electron chi connectivity index (χ2n) is 1.25. The van der Waals surface area contributed by atoms with Gasteiger partial charge in [-0.25, -0.2) is 0 Å². The van der Waals surface area contributed by atoms with E-state index in [0.29, 0.717) is 4.48 Å². The molecule has 0 aromatic rings. The van der Waals surface area contributed by atoms with E-state index >= 15 is 0 Å². The summed E-state index contributed by atoms with van der Waals surface area (Å²) in [6, 6.07) is 1.82. The van der Waals surface area contributed by atoms with Crippen molar-refractivity contribution in [1.29, 1.82) is 5.26 Å². The van der Waals surface area contributed by atoms with Crippen molar-refractivity contribution in [1.82, 2.24) is 0 Å². The van der Waals surface area contributed by atoms with Gasteiger partial charge in [0, 0.05) is 4.48 Å². The number of nitrogens with zero attached hydrogens (tertiary/aromatic N) is 2. The molecular formula is C6H5BrN2. The molecule has 0 aromatic carbocycles. The van der Waals surface area contributed by atoms with Crippen molar-refractivity contribution >= 4 is 22.6 Å². The van der Waals surface area contributed by atoms with Crippen LogP contribution in [0.2, 0.25) is 0 Å². The Morgan fingerprint density at radius 3 is 2.44 bits per heavy atom. The van der Waals surface area contributed by atoms with Gasteiger partial charge in [-0.2, -0.15) is 5.26 Å². The highest BCUT2D eigenvalue weighted by molar-refractivity contribution is 9.11. The van der Waals surface area contributed by atoms with Crippen LogP contribution in [-0.2, 0) is 0 Å². The monoisotopic (exact) mass is 184 g/mol. The van der Waals surface area contributed by atoms with Gasteiger partial charge in [-0.1, -0.05) is 22.5 Å². The van der Waals surface area contributed by atoms with Crippen molar-refractivity contribution < 1.29 is 0 Å². The Hall–Kier alpha value is -0.880. The van der Waals surface area contributed by atoms with E-state index in [2.05, 4.69) is 34.2 Å². The molecule has 3 heteroatoms. The fourth-order valence-electron chi connectivity index (χ4n) is 0.262. The molecule has 0 amide bonds. The molecule has 0 saturated carbocycles. The Morgan fingerprint density at radius 1 is 1.78 bits per heavy atom. The quantitative estimate of drug-likeness (QED) is 0.368. The molecule has 0 aliphatic carbocycles. The number of hydrogen-bond donors (Lipinski definition) is 0. The first-order valence-corrected chi connectivity index (χ1v) is 2.93. The zero-order valence-electron chi connectivity index (χ0n) is 4.76. The molecule has 46 valence electrons. The van der Waals surface area contributed by atoms with Gasteiger partial charge in [-0.15, -0.1) is 0 Å². The Bertz CT molecular complexity index is 198. The maximum absolute atomic E-state index is 8.26. The fourth-order valence-corrected chi connectivity index (χ4v) is 0.478. The standard InChI is InChI=1S/C6H5BrN2/c1-5(7)3-6(4-8)9-2/h3H,1-2H2/b6-3-. The largest absolute Gasteiger partial charge is 0.253 e. The summed E-state index contributed by atoms with van der Waals surface area (Å²) >= 11 is 3.05. The summed E-state index contributed by atoms with van der Waals surface area (Å²) in [7, 11) is 0. The summed E-state index contributed by atoms with van der Waals surface area (Å²) < 4.78 is 0.617. The SMILES string of the molecule is C=N/C(C#N)=C\C(=C)Br. The molecule has 9 heavy (non-hydrogen) atoms. The van der Waals surface area contributed by atoms with Crippen LogP contribution in [0.15, 0.2) is 27.8 Å². The lowest BCUT2D eigenvalue weighted by Gasteiger charge is -1.83. The highest BCUT2D eigenvalue weighted by Crippen LogP contribution is 2.06. The third-order valence-electron chi connectivity index (χ3n) is 0.578. The van der Waals surface area contributed by atoms with E-state index < -0.39 is 0 Å². The maximum Gasteiger partial charge on any atom is 0.140 e. The predicted molar refractivity (Wildman–Crippen MR) is 41.3 cm³/mol. The highest BCUT2D eigenvalue weighted by Gasteiger charge is 1.86. The van der Waals surface area contributed by atoms with Gasteiger partial charge in [0.15, 0.2) is 0 Å². The van der Waals surface area contributed by atoms with Crippen LogP contribution in [0.3, 0.4) is 0 Å². The first-order valence-electron chi connectivity index (χ1n) is 2.13. The zero-order valence-corrected chi connectivity index (χ0v) is 6.35. The predicted octanol–water partition coefficient (Wildman–Crippen LogP) is 2.00. The number of rotatable bonds is 2. The third kappa shape index (κ3) is 3.68. The molecule has 0 spiro atoms. The van der Waals surface area contributed by atoms with Crippen LogP contribution in [0.25, 0.3) is 0 Å². The molecule has 0 heterocycles. The van der Waals surface area contributed by atoms with Crippen molar-refractivity contribution in [3.8, 4) is 6.07 Å². The fraction of sp³-hybridized carbons (Fsp3) is 0. The van der Waals surface area contributed by atoms with Crippen molar-refractivity contribution in [3.05, 3.63) is 22.8 Å². The maximum atomic E-state index is 8.26. The molecule has 0 aromatic heterocycles. The average molecular weight is 185 g/mol. The van der Waals surface area contributed by atoms with Crippen molar-refractivity contribution in [2.45, 2.75) is 0 Å². The van der Waals surface area contributed by atoms with E-state index in [4.69, 9.17) is 5.26 Å². The van der Waals surface area contributed by atoms with Gasteiger partial charge in [0.05, 0.1) is 0 Å². The van der Waals surface area contributed by atoms with E-state index in [1.165, 1.54) is 6.08 Å². The lowest BCUT2D eigenvalue weighted by atomic mass is 10.4. The van der Waals surface area contributed by atoms with Crippen molar-refractivity contribution in [3.63, 3.8) is 0 Å². The van der Waals surface area contributed by atoms with Crippen LogP contribution >= 0.6 is 15.9 Å². The Balaban J connectivity index is 4.30. The summed E-state index contributed by atoms with van der Waals surface area (Å²) in [5.41, 5.74) is 0.261. The Labute approximate surface area is 62.3 Å².